The van der Waals surface area contributed by atoms with Crippen molar-refractivity contribution >= 4 is 23.9 Å². The van der Waals surface area contributed by atoms with Gasteiger partial charge in [0.05, 0.1) is 6.61 Å². The molecule has 1 heterocycles. The SMILES string of the molecule is CC(=O)OC1[C@H](OC(C)=O)OC(COC(c2ccccc2)(c2ccccc2)c2ccccc2)[C@@H](OC(C)=O)[C@H]1OC(C)=O. The van der Waals surface area contributed by atoms with Crippen LogP contribution >= 0.6 is 0 Å². The van der Waals surface area contributed by atoms with E-state index in [0.29, 0.717) is 0 Å². The lowest BCUT2D eigenvalue weighted by Gasteiger charge is -2.45. The molecule has 0 saturated carbocycles. The molecule has 1 fully saturated rings. The van der Waals surface area contributed by atoms with Gasteiger partial charge in [0.2, 0.25) is 12.4 Å². The first-order valence-electron chi connectivity index (χ1n) is 13.8. The van der Waals surface area contributed by atoms with Gasteiger partial charge in [0, 0.05) is 27.7 Å². The third-order valence-corrected chi connectivity index (χ3v) is 6.78. The first-order chi connectivity index (χ1) is 20.6. The minimum absolute atomic E-state index is 0.237. The van der Waals surface area contributed by atoms with Crippen molar-refractivity contribution in [1.82, 2.24) is 0 Å². The highest BCUT2D eigenvalue weighted by atomic mass is 16.7. The zero-order valence-electron chi connectivity index (χ0n) is 24.3. The van der Waals surface area contributed by atoms with E-state index in [2.05, 4.69) is 0 Å². The van der Waals surface area contributed by atoms with Crippen LogP contribution in [0.1, 0.15) is 44.4 Å². The minimum Gasteiger partial charge on any atom is -0.456 e. The van der Waals surface area contributed by atoms with Gasteiger partial charge < -0.3 is 28.4 Å². The minimum atomic E-state index is -1.49. The molecule has 4 rings (SSSR count). The molecule has 0 bridgehead atoms. The normalized spacial score (nSPS) is 21.7. The maximum Gasteiger partial charge on any atom is 0.305 e. The molecule has 226 valence electrons. The molecule has 0 aromatic heterocycles. The highest BCUT2D eigenvalue weighted by Crippen LogP contribution is 2.41. The Labute approximate surface area is 249 Å². The van der Waals surface area contributed by atoms with Crippen molar-refractivity contribution in [3.8, 4) is 0 Å². The lowest BCUT2D eigenvalue weighted by Crippen LogP contribution is -2.63. The summed E-state index contributed by atoms with van der Waals surface area (Å²) in [6.45, 7) is 4.40. The fraction of sp³-hybridized carbons (Fsp3) is 0.333. The van der Waals surface area contributed by atoms with E-state index in [1.807, 2.05) is 91.0 Å². The molecule has 43 heavy (non-hydrogen) atoms. The summed E-state index contributed by atoms with van der Waals surface area (Å²) < 4.78 is 34.9. The third kappa shape index (κ3) is 7.46. The summed E-state index contributed by atoms with van der Waals surface area (Å²) in [5.74, 6) is -2.93. The Kier molecular flexibility index (Phi) is 10.3. The molecule has 10 heteroatoms. The Morgan fingerprint density at radius 3 is 1.33 bits per heavy atom. The van der Waals surface area contributed by atoms with Gasteiger partial charge in [-0.25, -0.2) is 0 Å². The van der Waals surface area contributed by atoms with Crippen molar-refractivity contribution in [1.29, 1.82) is 0 Å². The van der Waals surface area contributed by atoms with Crippen LogP contribution in [-0.2, 0) is 53.2 Å². The van der Waals surface area contributed by atoms with E-state index in [1.54, 1.807) is 0 Å². The van der Waals surface area contributed by atoms with Gasteiger partial charge in [0.15, 0.2) is 12.2 Å². The zero-order valence-corrected chi connectivity index (χ0v) is 24.3. The van der Waals surface area contributed by atoms with Crippen molar-refractivity contribution in [3.05, 3.63) is 108 Å². The van der Waals surface area contributed by atoms with E-state index in [1.165, 1.54) is 6.92 Å². The second kappa shape index (κ2) is 14.1. The highest BCUT2D eigenvalue weighted by Gasteiger charge is 2.54. The summed E-state index contributed by atoms with van der Waals surface area (Å²) in [5, 5.41) is 0. The van der Waals surface area contributed by atoms with Gasteiger partial charge in [0.1, 0.15) is 11.7 Å². The highest BCUT2D eigenvalue weighted by molar-refractivity contribution is 5.69. The maximum absolute atomic E-state index is 12.3. The molecular weight excluding hydrogens is 556 g/mol. The van der Waals surface area contributed by atoms with Crippen LogP contribution in [0.4, 0.5) is 0 Å². The van der Waals surface area contributed by atoms with E-state index in [-0.39, 0.29) is 6.61 Å². The quantitative estimate of drug-likeness (QED) is 0.194. The van der Waals surface area contributed by atoms with Gasteiger partial charge in [-0.2, -0.15) is 0 Å². The van der Waals surface area contributed by atoms with E-state index in [9.17, 15) is 19.2 Å². The van der Waals surface area contributed by atoms with Crippen molar-refractivity contribution < 1.29 is 47.6 Å². The number of carbonyl (C=O) groups is 4. The molecule has 0 aliphatic carbocycles. The van der Waals surface area contributed by atoms with E-state index >= 15 is 0 Å². The van der Waals surface area contributed by atoms with Crippen molar-refractivity contribution in [2.75, 3.05) is 6.61 Å². The molecule has 1 saturated heterocycles. The maximum atomic E-state index is 12.3. The molecule has 5 atom stereocenters. The number of ether oxygens (including phenoxy) is 6. The third-order valence-electron chi connectivity index (χ3n) is 6.78. The molecule has 3 aromatic carbocycles. The molecule has 2 unspecified atom stereocenters. The monoisotopic (exact) mass is 590 g/mol. The van der Waals surface area contributed by atoms with Crippen molar-refractivity contribution in [2.45, 2.75) is 64.0 Å². The standard InChI is InChI=1S/C33H34O10/c1-21(34)39-29-28(43-32(42-24(4)37)31(41-23(3)36)30(29)40-22(2)35)20-38-33(25-14-8-5-9-15-25,26-16-10-6-11-17-26)27-18-12-7-13-19-27/h5-19,28-32H,20H2,1-4H3/t28?,29-,30-,31?,32-/m1/s1. The Morgan fingerprint density at radius 2 is 0.930 bits per heavy atom. The molecule has 0 radical (unpaired) electrons. The van der Waals surface area contributed by atoms with Crippen LogP contribution in [0.3, 0.4) is 0 Å². The van der Waals surface area contributed by atoms with Crippen LogP contribution in [0, 0.1) is 0 Å². The second-order valence-electron chi connectivity index (χ2n) is 9.96. The summed E-state index contributed by atoms with van der Waals surface area (Å²) in [4.78, 5) is 48.6. The number of rotatable bonds is 10. The van der Waals surface area contributed by atoms with Crippen molar-refractivity contribution in [3.63, 3.8) is 0 Å². The zero-order chi connectivity index (χ0) is 31.0. The largest absolute Gasteiger partial charge is 0.456 e. The molecule has 3 aromatic rings. The molecule has 1 aliphatic rings. The summed E-state index contributed by atoms with van der Waals surface area (Å²) in [6, 6.07) is 28.7. The van der Waals surface area contributed by atoms with Gasteiger partial charge in [-0.3, -0.25) is 19.2 Å². The Balaban J connectivity index is 1.83. The predicted molar refractivity (Wildman–Crippen MR) is 152 cm³/mol. The first-order valence-corrected chi connectivity index (χ1v) is 13.8. The Hall–Kier alpha value is -4.54. The number of hydrogen-bond acceptors (Lipinski definition) is 10. The summed E-state index contributed by atoms with van der Waals surface area (Å²) in [6.07, 6.45) is -6.73. The van der Waals surface area contributed by atoms with Gasteiger partial charge in [-0.05, 0) is 16.7 Å². The van der Waals surface area contributed by atoms with Crippen LogP contribution in [0.15, 0.2) is 91.0 Å². The van der Waals surface area contributed by atoms with Gasteiger partial charge in [0.25, 0.3) is 0 Å². The van der Waals surface area contributed by atoms with E-state index in [0.717, 1.165) is 37.5 Å². The molecule has 0 amide bonds. The van der Waals surface area contributed by atoms with Gasteiger partial charge in [-0.15, -0.1) is 0 Å². The Morgan fingerprint density at radius 1 is 0.558 bits per heavy atom. The Bertz CT molecular complexity index is 1300. The lowest BCUT2D eigenvalue weighted by atomic mass is 9.80. The number of esters is 4. The van der Waals surface area contributed by atoms with Crippen LogP contribution < -0.4 is 0 Å². The van der Waals surface area contributed by atoms with E-state index < -0.39 is 60.2 Å². The van der Waals surface area contributed by atoms with Crippen molar-refractivity contribution in [2.24, 2.45) is 0 Å². The van der Waals surface area contributed by atoms with Crippen LogP contribution in [-0.4, -0.2) is 61.2 Å². The number of hydrogen-bond donors (Lipinski definition) is 0. The summed E-state index contributed by atoms with van der Waals surface area (Å²) >= 11 is 0. The first kappa shape index (κ1) is 31.4. The fourth-order valence-corrected chi connectivity index (χ4v) is 5.22. The summed E-state index contributed by atoms with van der Waals surface area (Å²) in [7, 11) is 0. The van der Waals surface area contributed by atoms with Crippen LogP contribution in [0.5, 0.6) is 0 Å². The molecule has 0 N–H and O–H groups in total. The molecule has 0 spiro atoms. The molecule has 10 nitrogen and oxygen atoms in total. The number of carbonyl (C=O) groups excluding carboxylic acids is 4. The van der Waals surface area contributed by atoms with Crippen LogP contribution in [0.25, 0.3) is 0 Å². The topological polar surface area (TPSA) is 124 Å². The predicted octanol–water partition coefficient (Wildman–Crippen LogP) is 4.08. The number of benzene rings is 3. The average Bonchev–Trinajstić information content (AvgIpc) is 2.97. The molecule has 1 aliphatic heterocycles. The van der Waals surface area contributed by atoms with Crippen LogP contribution in [0.2, 0.25) is 0 Å². The molecular formula is C33H34O10. The van der Waals surface area contributed by atoms with Gasteiger partial charge >= 0.3 is 23.9 Å². The second-order valence-corrected chi connectivity index (χ2v) is 9.96. The summed E-state index contributed by atoms with van der Waals surface area (Å²) in [5.41, 5.74) is 1.24. The lowest BCUT2D eigenvalue weighted by molar-refractivity contribution is -0.303. The van der Waals surface area contributed by atoms with E-state index in [4.69, 9.17) is 28.4 Å². The fourth-order valence-electron chi connectivity index (χ4n) is 5.22. The average molecular weight is 591 g/mol. The smallest absolute Gasteiger partial charge is 0.305 e. The van der Waals surface area contributed by atoms with Gasteiger partial charge in [-0.1, -0.05) is 91.0 Å².